The maximum atomic E-state index is 13.7. The minimum absolute atomic E-state index is 0.0000917. The highest BCUT2D eigenvalue weighted by Crippen LogP contribution is 2.47. The van der Waals surface area contributed by atoms with E-state index in [1.165, 1.54) is 37.6 Å². The fourth-order valence-corrected chi connectivity index (χ4v) is 4.49. The van der Waals surface area contributed by atoms with Crippen LogP contribution >= 0.6 is 11.6 Å². The van der Waals surface area contributed by atoms with Crippen LogP contribution in [0.15, 0.2) is 36.5 Å². The molecule has 0 unspecified atom stereocenters. The number of rotatable bonds is 4. The van der Waals surface area contributed by atoms with Gasteiger partial charge in [-0.05, 0) is 23.8 Å². The first-order valence-corrected chi connectivity index (χ1v) is 9.87. The van der Waals surface area contributed by atoms with Crippen molar-refractivity contribution in [3.63, 3.8) is 0 Å². The maximum Gasteiger partial charge on any atom is 0.452 e. The minimum Gasteiger partial charge on any atom is -0.481 e. The molecule has 2 aromatic heterocycles. The Labute approximate surface area is 184 Å². The van der Waals surface area contributed by atoms with E-state index < -0.39 is 23.2 Å². The minimum atomic E-state index is -4.74. The molecule has 1 aromatic carbocycles. The van der Waals surface area contributed by atoms with Gasteiger partial charge in [-0.2, -0.15) is 13.2 Å². The fourth-order valence-electron chi connectivity index (χ4n) is 4.16. The van der Waals surface area contributed by atoms with E-state index in [-0.39, 0.29) is 35.0 Å². The Morgan fingerprint density at radius 3 is 2.62 bits per heavy atom. The molecule has 0 saturated carbocycles. The lowest BCUT2D eigenvalue weighted by atomic mass is 9.67. The quantitative estimate of drug-likeness (QED) is 0.434. The molecule has 0 spiro atoms. The predicted octanol–water partition coefficient (Wildman–Crippen LogP) is 3.87. The van der Waals surface area contributed by atoms with Crippen molar-refractivity contribution in [3.05, 3.63) is 58.8 Å². The number of aromatic nitrogens is 4. The predicted molar refractivity (Wildman–Crippen MR) is 107 cm³/mol. The van der Waals surface area contributed by atoms with Crippen LogP contribution in [0.1, 0.15) is 11.4 Å². The zero-order valence-corrected chi connectivity index (χ0v) is 17.2. The largest absolute Gasteiger partial charge is 0.481 e. The van der Waals surface area contributed by atoms with E-state index in [0.29, 0.717) is 12.1 Å². The number of benzene rings is 1. The Bertz CT molecular complexity index is 1260. The molecule has 32 heavy (non-hydrogen) atoms. The van der Waals surface area contributed by atoms with Crippen molar-refractivity contribution in [1.29, 1.82) is 0 Å². The van der Waals surface area contributed by atoms with Gasteiger partial charge in [-0.3, -0.25) is 4.57 Å². The molecule has 5 rings (SSSR count). The van der Waals surface area contributed by atoms with E-state index in [9.17, 15) is 17.6 Å². The Morgan fingerprint density at radius 1 is 1.22 bits per heavy atom. The molecule has 3 aromatic rings. The molecule has 0 amide bonds. The van der Waals surface area contributed by atoms with E-state index in [1.807, 2.05) is 0 Å². The molecule has 1 aliphatic heterocycles. The van der Waals surface area contributed by atoms with Crippen molar-refractivity contribution in [3.8, 4) is 23.4 Å². The zero-order valence-electron chi connectivity index (χ0n) is 16.5. The molecule has 2 aliphatic rings. The summed E-state index contributed by atoms with van der Waals surface area (Å²) in [6.45, 7) is 0.551. The molecule has 11 heteroatoms. The number of ether oxygens (including phenoxy) is 1. The molecule has 0 radical (unpaired) electrons. The summed E-state index contributed by atoms with van der Waals surface area (Å²) in [5.41, 5.74) is 0.0465. The summed E-state index contributed by atoms with van der Waals surface area (Å²) in [6, 6.07) is 6.97. The summed E-state index contributed by atoms with van der Waals surface area (Å²) in [7, 11) is 1.41. The van der Waals surface area contributed by atoms with Gasteiger partial charge in [-0.1, -0.05) is 29.5 Å². The SMILES string of the molecule is COc1ccc(-n2c(N3C[C@@H]4C#C[C@]4(c4ccc(F)cc4Cl)C3)nnc2C(F)(F)F)cn1. The molecule has 3 heterocycles. The third-order valence-electron chi connectivity index (χ3n) is 5.69. The molecule has 6 nitrogen and oxygen atoms in total. The van der Waals surface area contributed by atoms with Gasteiger partial charge in [0.2, 0.25) is 17.7 Å². The van der Waals surface area contributed by atoms with E-state index in [4.69, 9.17) is 16.3 Å². The standard InChI is InChI=1S/C21H14ClF4N5O/c1-32-17-5-3-14(9-27-17)31-18(21(24,25)26)28-29-19(31)30-10-12-6-7-20(12,11-30)15-4-2-13(23)8-16(15)22/h2-5,8-9,12H,10-11H2,1H3/t12-,20-/m0/s1. The normalized spacial score (nSPS) is 21.6. The molecule has 1 aliphatic carbocycles. The first-order valence-electron chi connectivity index (χ1n) is 9.49. The van der Waals surface area contributed by atoms with Gasteiger partial charge < -0.3 is 9.64 Å². The average Bonchev–Trinajstić information content (AvgIpc) is 3.29. The fraction of sp³-hybridized carbons (Fsp3) is 0.286. The van der Waals surface area contributed by atoms with Gasteiger partial charge >= 0.3 is 6.18 Å². The van der Waals surface area contributed by atoms with Gasteiger partial charge in [0.25, 0.3) is 0 Å². The molecule has 0 N–H and O–H groups in total. The zero-order chi connectivity index (χ0) is 22.7. The van der Waals surface area contributed by atoms with Crippen LogP contribution in [0.3, 0.4) is 0 Å². The average molecular weight is 464 g/mol. The van der Waals surface area contributed by atoms with Gasteiger partial charge in [-0.25, -0.2) is 9.37 Å². The third kappa shape index (κ3) is 3.07. The van der Waals surface area contributed by atoms with Gasteiger partial charge in [0, 0.05) is 24.2 Å². The smallest absolute Gasteiger partial charge is 0.452 e. The number of pyridine rings is 1. The van der Waals surface area contributed by atoms with E-state index in [2.05, 4.69) is 27.0 Å². The van der Waals surface area contributed by atoms with Crippen molar-refractivity contribution in [2.45, 2.75) is 11.6 Å². The van der Waals surface area contributed by atoms with E-state index in [0.717, 1.165) is 4.57 Å². The van der Waals surface area contributed by atoms with E-state index in [1.54, 1.807) is 11.0 Å². The maximum absolute atomic E-state index is 13.7. The van der Waals surface area contributed by atoms with Crippen LogP contribution in [-0.4, -0.2) is 39.9 Å². The summed E-state index contributed by atoms with van der Waals surface area (Å²) in [6.07, 6.45) is -3.48. The third-order valence-corrected chi connectivity index (χ3v) is 6.00. The summed E-state index contributed by atoms with van der Waals surface area (Å²) >= 11 is 6.28. The highest BCUT2D eigenvalue weighted by atomic mass is 35.5. The topological polar surface area (TPSA) is 56.1 Å². The van der Waals surface area contributed by atoms with Crippen LogP contribution in [0, 0.1) is 23.6 Å². The van der Waals surface area contributed by atoms with Gasteiger partial charge in [0.05, 0.1) is 30.3 Å². The van der Waals surface area contributed by atoms with Crippen molar-refractivity contribution in [1.82, 2.24) is 19.7 Å². The highest BCUT2D eigenvalue weighted by molar-refractivity contribution is 6.31. The van der Waals surface area contributed by atoms with Gasteiger partial charge in [0.1, 0.15) is 5.82 Å². The number of methoxy groups -OCH3 is 1. The molecule has 2 atom stereocenters. The molecule has 0 bridgehead atoms. The second kappa shape index (κ2) is 7.10. The first kappa shape index (κ1) is 20.6. The Kier molecular flexibility index (Phi) is 4.57. The number of hydrogen-bond acceptors (Lipinski definition) is 5. The number of hydrogen-bond donors (Lipinski definition) is 0. The Balaban J connectivity index is 1.57. The molecule has 164 valence electrons. The highest BCUT2D eigenvalue weighted by Gasteiger charge is 2.53. The first-order chi connectivity index (χ1) is 15.2. The number of anilines is 1. The Morgan fingerprint density at radius 2 is 2.03 bits per heavy atom. The monoisotopic (exact) mass is 463 g/mol. The number of fused-ring (bicyclic) bond motifs is 1. The summed E-state index contributed by atoms with van der Waals surface area (Å²) in [5, 5.41) is 7.49. The molecular formula is C21H14ClF4N5O. The second-order valence-corrected chi connectivity index (χ2v) is 7.92. The summed E-state index contributed by atoms with van der Waals surface area (Å²) < 4.78 is 60.6. The van der Waals surface area contributed by atoms with Crippen molar-refractivity contribution in [2.75, 3.05) is 25.1 Å². The summed E-state index contributed by atoms with van der Waals surface area (Å²) in [5.74, 6) is 4.56. The molecule has 1 saturated heterocycles. The number of halogens is 5. The lowest BCUT2D eigenvalue weighted by Crippen LogP contribution is -2.39. The van der Waals surface area contributed by atoms with Crippen LogP contribution in [0.25, 0.3) is 5.69 Å². The second-order valence-electron chi connectivity index (χ2n) is 7.51. The van der Waals surface area contributed by atoms with Crippen LogP contribution in [0.4, 0.5) is 23.5 Å². The molecule has 1 fully saturated rings. The number of alkyl halides is 3. The van der Waals surface area contributed by atoms with Crippen LogP contribution in [0.2, 0.25) is 5.02 Å². The van der Waals surface area contributed by atoms with Crippen molar-refractivity contribution < 1.29 is 22.3 Å². The summed E-state index contributed by atoms with van der Waals surface area (Å²) in [4.78, 5) is 5.68. The van der Waals surface area contributed by atoms with Gasteiger partial charge in [-0.15, -0.1) is 10.2 Å². The van der Waals surface area contributed by atoms with Crippen molar-refractivity contribution >= 4 is 17.5 Å². The lowest BCUT2D eigenvalue weighted by molar-refractivity contribution is -0.146. The van der Waals surface area contributed by atoms with Crippen molar-refractivity contribution in [2.24, 2.45) is 5.92 Å². The van der Waals surface area contributed by atoms with E-state index >= 15 is 0 Å². The van der Waals surface area contributed by atoms with Crippen LogP contribution in [0.5, 0.6) is 5.88 Å². The van der Waals surface area contributed by atoms with Crippen LogP contribution < -0.4 is 9.64 Å². The Hall–Kier alpha value is -3.32. The lowest BCUT2D eigenvalue weighted by Gasteiger charge is -2.33. The van der Waals surface area contributed by atoms with Crippen LogP contribution in [-0.2, 0) is 11.6 Å². The molecular weight excluding hydrogens is 450 g/mol. The number of nitrogens with zero attached hydrogens (tertiary/aromatic N) is 5. The van der Waals surface area contributed by atoms with Gasteiger partial charge in [0.15, 0.2) is 0 Å².